The van der Waals surface area contributed by atoms with E-state index in [1.165, 1.54) is 30.0 Å². The summed E-state index contributed by atoms with van der Waals surface area (Å²) in [6.45, 7) is 2.07. The summed E-state index contributed by atoms with van der Waals surface area (Å²) in [5.74, 6) is 0.944. The lowest BCUT2D eigenvalue weighted by molar-refractivity contribution is 0.468. The number of nitrogens with zero attached hydrogens (tertiary/aromatic N) is 1. The van der Waals surface area contributed by atoms with Crippen LogP contribution in [0.5, 0.6) is 0 Å². The third kappa shape index (κ3) is 2.55. The van der Waals surface area contributed by atoms with Crippen molar-refractivity contribution in [2.75, 3.05) is 7.05 Å². The van der Waals surface area contributed by atoms with Gasteiger partial charge in [-0.3, -0.25) is 0 Å². The van der Waals surface area contributed by atoms with Crippen molar-refractivity contribution in [2.24, 2.45) is 5.92 Å². The maximum absolute atomic E-state index is 4.49. The van der Waals surface area contributed by atoms with Gasteiger partial charge in [0.15, 0.2) is 0 Å². The lowest BCUT2D eigenvalue weighted by atomic mass is 10.1. The van der Waals surface area contributed by atoms with Crippen molar-refractivity contribution in [1.82, 2.24) is 10.3 Å². The Bertz CT molecular complexity index is 291. The van der Waals surface area contributed by atoms with Gasteiger partial charge in [0, 0.05) is 11.4 Å². The number of rotatable bonds is 5. The van der Waals surface area contributed by atoms with Crippen molar-refractivity contribution >= 4 is 11.3 Å². The Balaban J connectivity index is 1.80. The minimum absolute atomic E-state index is 0.719. The molecule has 1 atom stereocenters. The summed E-state index contributed by atoms with van der Waals surface area (Å²) in [4.78, 5) is 4.49. The second-order valence-electron chi connectivity index (χ2n) is 4.13. The van der Waals surface area contributed by atoms with Crippen LogP contribution in [0.4, 0.5) is 0 Å². The summed E-state index contributed by atoms with van der Waals surface area (Å²) in [6.07, 6.45) is 5.21. The van der Waals surface area contributed by atoms with Crippen LogP contribution in [-0.2, 0) is 6.42 Å². The number of nitrogens with one attached hydrogen (secondary N) is 1. The number of hydrogen-bond acceptors (Lipinski definition) is 3. The molecule has 1 N–H and O–H groups in total. The molecule has 1 fully saturated rings. The van der Waals surface area contributed by atoms with Crippen LogP contribution in [0.2, 0.25) is 0 Å². The SMILES string of the molecule is CNC(CCc1csc(C)n1)C1CC1. The van der Waals surface area contributed by atoms with Gasteiger partial charge in [-0.2, -0.15) is 0 Å². The first-order valence-electron chi connectivity index (χ1n) is 5.38. The van der Waals surface area contributed by atoms with Crippen LogP contribution in [-0.4, -0.2) is 18.1 Å². The molecule has 0 spiro atoms. The molecule has 1 saturated carbocycles. The fourth-order valence-corrected chi connectivity index (χ4v) is 2.59. The molecule has 2 nitrogen and oxygen atoms in total. The summed E-state index contributed by atoms with van der Waals surface area (Å²) >= 11 is 1.76. The fourth-order valence-electron chi connectivity index (χ4n) is 1.94. The molecule has 0 saturated heterocycles. The van der Waals surface area contributed by atoms with Gasteiger partial charge in [0.05, 0.1) is 10.7 Å². The summed E-state index contributed by atoms with van der Waals surface area (Å²) in [6, 6.07) is 0.719. The largest absolute Gasteiger partial charge is 0.317 e. The van der Waals surface area contributed by atoms with E-state index in [0.717, 1.165) is 18.4 Å². The third-order valence-corrected chi connectivity index (χ3v) is 3.76. The molecular weight excluding hydrogens is 192 g/mol. The average molecular weight is 210 g/mol. The summed E-state index contributed by atoms with van der Waals surface area (Å²) in [5.41, 5.74) is 1.27. The zero-order valence-electron chi connectivity index (χ0n) is 8.92. The molecule has 0 aromatic carbocycles. The maximum atomic E-state index is 4.49. The van der Waals surface area contributed by atoms with Crippen molar-refractivity contribution in [3.05, 3.63) is 16.1 Å². The molecule has 1 aliphatic carbocycles. The standard InChI is InChI=1S/C11H18N2S/c1-8-13-10(7-14-8)5-6-11(12-2)9-3-4-9/h7,9,11-12H,3-6H2,1-2H3. The highest BCUT2D eigenvalue weighted by Crippen LogP contribution is 2.34. The van der Waals surface area contributed by atoms with Crippen molar-refractivity contribution in [3.8, 4) is 0 Å². The van der Waals surface area contributed by atoms with E-state index in [1.54, 1.807) is 11.3 Å². The topological polar surface area (TPSA) is 24.9 Å². The Kier molecular flexibility index (Phi) is 3.19. The van der Waals surface area contributed by atoms with Crippen LogP contribution in [0.15, 0.2) is 5.38 Å². The lowest BCUT2D eigenvalue weighted by Crippen LogP contribution is -2.27. The highest BCUT2D eigenvalue weighted by Gasteiger charge is 2.29. The predicted octanol–water partition coefficient (Wildman–Crippen LogP) is 2.38. The minimum Gasteiger partial charge on any atom is -0.317 e. The molecule has 14 heavy (non-hydrogen) atoms. The Morgan fingerprint density at radius 3 is 2.93 bits per heavy atom. The average Bonchev–Trinajstić information content (AvgIpc) is 2.92. The van der Waals surface area contributed by atoms with Gasteiger partial charge in [-0.05, 0) is 45.6 Å². The number of thiazole rings is 1. The predicted molar refractivity (Wildman–Crippen MR) is 60.7 cm³/mol. The van der Waals surface area contributed by atoms with Crippen LogP contribution in [0, 0.1) is 12.8 Å². The van der Waals surface area contributed by atoms with E-state index < -0.39 is 0 Å². The quantitative estimate of drug-likeness (QED) is 0.807. The number of hydrogen-bond donors (Lipinski definition) is 1. The Hall–Kier alpha value is -0.410. The number of aryl methyl sites for hydroxylation is 2. The van der Waals surface area contributed by atoms with E-state index in [2.05, 4.69) is 29.7 Å². The van der Waals surface area contributed by atoms with Crippen molar-refractivity contribution in [1.29, 1.82) is 0 Å². The molecule has 3 heteroatoms. The third-order valence-electron chi connectivity index (χ3n) is 2.94. The van der Waals surface area contributed by atoms with Crippen LogP contribution in [0.3, 0.4) is 0 Å². The molecule has 0 aliphatic heterocycles. The van der Waals surface area contributed by atoms with Gasteiger partial charge < -0.3 is 5.32 Å². The van der Waals surface area contributed by atoms with Gasteiger partial charge >= 0.3 is 0 Å². The molecule has 0 amide bonds. The fraction of sp³-hybridized carbons (Fsp3) is 0.727. The molecule has 2 rings (SSSR count). The monoisotopic (exact) mass is 210 g/mol. The highest BCUT2D eigenvalue weighted by molar-refractivity contribution is 7.09. The minimum atomic E-state index is 0.719. The summed E-state index contributed by atoms with van der Waals surface area (Å²) in [5, 5.41) is 6.79. The molecule has 0 radical (unpaired) electrons. The lowest BCUT2D eigenvalue weighted by Gasteiger charge is -2.13. The first kappa shape index (κ1) is 10.1. The summed E-state index contributed by atoms with van der Waals surface area (Å²) < 4.78 is 0. The molecular formula is C11H18N2S. The molecule has 1 aromatic heterocycles. The molecule has 1 aromatic rings. The van der Waals surface area contributed by atoms with Crippen molar-refractivity contribution in [3.63, 3.8) is 0 Å². The van der Waals surface area contributed by atoms with E-state index in [0.29, 0.717) is 0 Å². The number of aromatic nitrogens is 1. The van der Waals surface area contributed by atoms with Gasteiger partial charge in [0.25, 0.3) is 0 Å². The zero-order valence-corrected chi connectivity index (χ0v) is 9.73. The molecule has 1 aliphatic rings. The highest BCUT2D eigenvalue weighted by atomic mass is 32.1. The van der Waals surface area contributed by atoms with Crippen LogP contribution >= 0.6 is 11.3 Å². The van der Waals surface area contributed by atoms with E-state index >= 15 is 0 Å². The van der Waals surface area contributed by atoms with Crippen LogP contribution in [0.25, 0.3) is 0 Å². The second kappa shape index (κ2) is 4.41. The molecule has 0 bridgehead atoms. The van der Waals surface area contributed by atoms with E-state index in [1.807, 2.05) is 0 Å². The zero-order chi connectivity index (χ0) is 9.97. The van der Waals surface area contributed by atoms with Crippen LogP contribution < -0.4 is 5.32 Å². The second-order valence-corrected chi connectivity index (χ2v) is 5.19. The first-order chi connectivity index (χ1) is 6.79. The van der Waals surface area contributed by atoms with Gasteiger partial charge in [-0.25, -0.2) is 4.98 Å². The Morgan fingerprint density at radius 1 is 1.64 bits per heavy atom. The van der Waals surface area contributed by atoms with Crippen molar-refractivity contribution in [2.45, 2.75) is 38.6 Å². The van der Waals surface area contributed by atoms with Gasteiger partial charge in [-0.15, -0.1) is 11.3 Å². The Morgan fingerprint density at radius 2 is 2.43 bits per heavy atom. The van der Waals surface area contributed by atoms with Gasteiger partial charge in [-0.1, -0.05) is 0 Å². The smallest absolute Gasteiger partial charge is 0.0897 e. The van der Waals surface area contributed by atoms with E-state index in [9.17, 15) is 0 Å². The normalized spacial score (nSPS) is 18.4. The summed E-state index contributed by atoms with van der Waals surface area (Å²) in [7, 11) is 2.08. The maximum Gasteiger partial charge on any atom is 0.0897 e. The molecule has 1 unspecified atom stereocenters. The van der Waals surface area contributed by atoms with Crippen LogP contribution in [0.1, 0.15) is 30.0 Å². The van der Waals surface area contributed by atoms with Gasteiger partial charge in [0.1, 0.15) is 0 Å². The van der Waals surface area contributed by atoms with Crippen molar-refractivity contribution < 1.29 is 0 Å². The molecule has 78 valence electrons. The first-order valence-corrected chi connectivity index (χ1v) is 6.26. The molecule has 1 heterocycles. The van der Waals surface area contributed by atoms with Gasteiger partial charge in [0.2, 0.25) is 0 Å². The van der Waals surface area contributed by atoms with E-state index in [4.69, 9.17) is 0 Å². The Labute approximate surface area is 89.8 Å². The van der Waals surface area contributed by atoms with E-state index in [-0.39, 0.29) is 0 Å².